The van der Waals surface area contributed by atoms with E-state index in [9.17, 15) is 18.0 Å². The van der Waals surface area contributed by atoms with Crippen LogP contribution < -0.4 is 19.1 Å². The lowest BCUT2D eigenvalue weighted by Crippen LogP contribution is -2.52. The minimum absolute atomic E-state index is 0.118. The second kappa shape index (κ2) is 12.3. The van der Waals surface area contributed by atoms with Crippen molar-refractivity contribution in [2.45, 2.75) is 39.4 Å². The van der Waals surface area contributed by atoms with Crippen molar-refractivity contribution >= 4 is 43.5 Å². The average Bonchev–Trinajstić information content (AvgIpc) is 2.78. The lowest BCUT2D eigenvalue weighted by molar-refractivity contribution is -0.139. The van der Waals surface area contributed by atoms with Crippen molar-refractivity contribution in [3.8, 4) is 11.5 Å². The molecule has 2 aromatic carbocycles. The highest BCUT2D eigenvalue weighted by atomic mass is 79.9. The molecule has 0 unspecified atom stereocenters. The number of benzene rings is 2. The number of anilines is 1. The first kappa shape index (κ1) is 28.4. The maximum absolute atomic E-state index is 13.5. The largest absolute Gasteiger partial charge is 0.493 e. The Morgan fingerprint density at radius 3 is 2.23 bits per heavy atom. The molecule has 0 aromatic heterocycles. The number of amides is 2. The summed E-state index contributed by atoms with van der Waals surface area (Å²) in [6.07, 6.45) is 1.02. The van der Waals surface area contributed by atoms with Gasteiger partial charge < -0.3 is 19.7 Å². The molecular weight excluding hydrogens is 538 g/mol. The summed E-state index contributed by atoms with van der Waals surface area (Å²) in [7, 11) is -0.946. The lowest BCUT2D eigenvalue weighted by atomic mass is 10.1. The van der Waals surface area contributed by atoms with Gasteiger partial charge in [0.2, 0.25) is 21.8 Å². The maximum Gasteiger partial charge on any atom is 0.244 e. The van der Waals surface area contributed by atoms with Gasteiger partial charge in [-0.05, 0) is 50.6 Å². The van der Waals surface area contributed by atoms with Crippen molar-refractivity contribution in [2.24, 2.45) is 0 Å². The molecule has 0 bridgehead atoms. The van der Waals surface area contributed by atoms with E-state index in [0.717, 1.165) is 20.6 Å². The minimum atomic E-state index is -3.85. The van der Waals surface area contributed by atoms with Gasteiger partial charge in [-0.3, -0.25) is 13.9 Å². The Labute approximate surface area is 215 Å². The van der Waals surface area contributed by atoms with E-state index in [-0.39, 0.29) is 24.2 Å². The molecular formula is C24H32BrN3O6S. The standard InChI is InChI=1S/C24H32BrN3O6S/c1-16(2)26-24(30)17(3)27(14-18-8-7-9-19(25)12-18)23(29)15-28(35(6,31)32)20-10-11-21(33-4)22(13-20)34-5/h7-13,16-17H,14-15H2,1-6H3,(H,26,30)/t17-/m0/s1. The van der Waals surface area contributed by atoms with Crippen LogP contribution in [0.4, 0.5) is 5.69 Å². The summed E-state index contributed by atoms with van der Waals surface area (Å²) < 4.78 is 37.7. The Hall–Kier alpha value is -2.79. The van der Waals surface area contributed by atoms with Gasteiger partial charge in [-0.15, -0.1) is 0 Å². The number of sulfonamides is 1. The molecule has 0 fully saturated rings. The molecule has 2 amide bonds. The van der Waals surface area contributed by atoms with Crippen LogP contribution >= 0.6 is 15.9 Å². The maximum atomic E-state index is 13.5. The summed E-state index contributed by atoms with van der Waals surface area (Å²) in [5, 5.41) is 2.81. The van der Waals surface area contributed by atoms with E-state index in [2.05, 4.69) is 21.2 Å². The zero-order valence-corrected chi connectivity index (χ0v) is 23.1. The Bertz CT molecular complexity index is 1160. The van der Waals surface area contributed by atoms with Crippen molar-refractivity contribution < 1.29 is 27.5 Å². The number of nitrogens with zero attached hydrogens (tertiary/aromatic N) is 2. The molecule has 2 rings (SSSR count). The van der Waals surface area contributed by atoms with Crippen LogP contribution in [0.15, 0.2) is 46.9 Å². The molecule has 11 heteroatoms. The molecule has 0 saturated carbocycles. The molecule has 0 saturated heterocycles. The van der Waals surface area contributed by atoms with Crippen LogP contribution in [-0.4, -0.2) is 64.2 Å². The number of hydrogen-bond donors (Lipinski definition) is 1. The molecule has 0 heterocycles. The summed E-state index contributed by atoms with van der Waals surface area (Å²) in [6, 6.07) is 11.0. The van der Waals surface area contributed by atoms with Crippen LogP contribution in [0.2, 0.25) is 0 Å². The second-order valence-electron chi connectivity index (χ2n) is 8.30. The van der Waals surface area contributed by atoms with Gasteiger partial charge in [-0.1, -0.05) is 28.1 Å². The lowest BCUT2D eigenvalue weighted by Gasteiger charge is -2.32. The van der Waals surface area contributed by atoms with Crippen molar-refractivity contribution in [3.63, 3.8) is 0 Å². The molecule has 2 aromatic rings. The van der Waals surface area contributed by atoms with Gasteiger partial charge in [0.1, 0.15) is 12.6 Å². The highest BCUT2D eigenvalue weighted by molar-refractivity contribution is 9.10. The summed E-state index contributed by atoms with van der Waals surface area (Å²) in [5.74, 6) is -0.120. The van der Waals surface area contributed by atoms with Gasteiger partial charge in [0.25, 0.3) is 0 Å². The third kappa shape index (κ3) is 7.86. The van der Waals surface area contributed by atoms with Crippen LogP contribution in [-0.2, 0) is 26.2 Å². The average molecular weight is 571 g/mol. The number of hydrogen-bond acceptors (Lipinski definition) is 6. The Morgan fingerprint density at radius 2 is 1.69 bits per heavy atom. The molecule has 0 spiro atoms. The van der Waals surface area contributed by atoms with Crippen LogP contribution in [0, 0.1) is 0 Å². The molecule has 1 N–H and O–H groups in total. The van der Waals surface area contributed by atoms with Crippen molar-refractivity contribution in [1.29, 1.82) is 0 Å². The number of carbonyl (C=O) groups is 2. The van der Waals surface area contributed by atoms with Gasteiger partial charge in [-0.25, -0.2) is 8.42 Å². The van der Waals surface area contributed by atoms with E-state index in [0.29, 0.717) is 11.5 Å². The van der Waals surface area contributed by atoms with Gasteiger partial charge in [0.15, 0.2) is 11.5 Å². The number of ether oxygens (including phenoxy) is 2. The van der Waals surface area contributed by atoms with Crippen molar-refractivity contribution in [3.05, 3.63) is 52.5 Å². The van der Waals surface area contributed by atoms with Crippen molar-refractivity contribution in [1.82, 2.24) is 10.2 Å². The molecule has 1 atom stereocenters. The number of methoxy groups -OCH3 is 2. The van der Waals surface area contributed by atoms with E-state index in [1.807, 2.05) is 38.1 Å². The van der Waals surface area contributed by atoms with E-state index >= 15 is 0 Å². The van der Waals surface area contributed by atoms with Crippen LogP contribution in [0.1, 0.15) is 26.3 Å². The SMILES string of the molecule is COc1ccc(N(CC(=O)N(Cc2cccc(Br)c2)[C@@H](C)C(=O)NC(C)C)S(C)(=O)=O)cc1OC. The summed E-state index contributed by atoms with van der Waals surface area (Å²) in [5.41, 5.74) is 1.02. The second-order valence-corrected chi connectivity index (χ2v) is 11.1. The first-order valence-electron chi connectivity index (χ1n) is 10.9. The number of carbonyl (C=O) groups excluding carboxylic acids is 2. The quantitative estimate of drug-likeness (QED) is 0.445. The van der Waals surface area contributed by atoms with Gasteiger partial charge in [-0.2, -0.15) is 0 Å². The smallest absolute Gasteiger partial charge is 0.244 e. The third-order valence-corrected chi connectivity index (χ3v) is 6.81. The summed E-state index contributed by atoms with van der Waals surface area (Å²) in [4.78, 5) is 27.7. The summed E-state index contributed by atoms with van der Waals surface area (Å²) >= 11 is 3.42. The van der Waals surface area contributed by atoms with Crippen LogP contribution in [0.3, 0.4) is 0 Å². The highest BCUT2D eigenvalue weighted by Crippen LogP contribution is 2.32. The molecule has 0 aliphatic carbocycles. The Kier molecular flexibility index (Phi) is 9.96. The number of nitrogens with one attached hydrogen (secondary N) is 1. The molecule has 0 aliphatic rings. The van der Waals surface area contributed by atoms with E-state index in [1.165, 1.54) is 31.3 Å². The fourth-order valence-electron chi connectivity index (χ4n) is 3.41. The Balaban J connectivity index is 2.44. The van der Waals surface area contributed by atoms with Crippen LogP contribution in [0.25, 0.3) is 0 Å². The van der Waals surface area contributed by atoms with Gasteiger partial charge in [0.05, 0.1) is 26.2 Å². The zero-order valence-electron chi connectivity index (χ0n) is 20.7. The van der Waals surface area contributed by atoms with Crippen molar-refractivity contribution in [2.75, 3.05) is 31.3 Å². The fourth-order valence-corrected chi connectivity index (χ4v) is 4.70. The first-order chi connectivity index (χ1) is 16.4. The topological polar surface area (TPSA) is 105 Å². The number of rotatable bonds is 11. The number of halogens is 1. The van der Waals surface area contributed by atoms with Gasteiger partial charge in [0, 0.05) is 23.1 Å². The molecule has 35 heavy (non-hydrogen) atoms. The third-order valence-electron chi connectivity index (χ3n) is 5.17. The summed E-state index contributed by atoms with van der Waals surface area (Å²) in [6.45, 7) is 4.89. The molecule has 192 valence electrons. The van der Waals surface area contributed by atoms with E-state index in [1.54, 1.807) is 13.0 Å². The predicted molar refractivity (Wildman–Crippen MR) is 139 cm³/mol. The predicted octanol–water partition coefficient (Wildman–Crippen LogP) is 3.17. The minimum Gasteiger partial charge on any atom is -0.493 e. The van der Waals surface area contributed by atoms with Crippen LogP contribution in [0.5, 0.6) is 11.5 Å². The molecule has 0 aliphatic heterocycles. The fraction of sp³-hybridized carbons (Fsp3) is 0.417. The van der Waals surface area contributed by atoms with E-state index < -0.39 is 28.5 Å². The normalized spacial score (nSPS) is 12.1. The monoisotopic (exact) mass is 569 g/mol. The zero-order chi connectivity index (χ0) is 26.3. The first-order valence-corrected chi connectivity index (χ1v) is 13.6. The van der Waals surface area contributed by atoms with E-state index in [4.69, 9.17) is 9.47 Å². The molecule has 0 radical (unpaired) electrons. The van der Waals surface area contributed by atoms with Gasteiger partial charge >= 0.3 is 0 Å². The Morgan fingerprint density at radius 1 is 1.03 bits per heavy atom. The molecule has 9 nitrogen and oxygen atoms in total. The highest BCUT2D eigenvalue weighted by Gasteiger charge is 2.30.